The first kappa shape index (κ1) is 79.0. The van der Waals surface area contributed by atoms with E-state index in [0.717, 1.165) is 162 Å². The first-order valence-electron chi connectivity index (χ1n) is 32.1. The van der Waals surface area contributed by atoms with Gasteiger partial charge in [0.25, 0.3) is 0 Å². The Morgan fingerprint density at radius 1 is 0.354 bits per heavy atom. The summed E-state index contributed by atoms with van der Waals surface area (Å²) >= 11 is 6.78. The van der Waals surface area contributed by atoms with Gasteiger partial charge in [-0.3, -0.25) is 0 Å². The first-order chi connectivity index (χ1) is 36.8. The minimum absolute atomic E-state index is 0. The molecule has 24 unspecified atom stereocenters. The predicted octanol–water partition coefficient (Wildman–Crippen LogP) is 25.9. The van der Waals surface area contributed by atoms with Gasteiger partial charge in [-0.05, 0) is 241 Å². The van der Waals surface area contributed by atoms with Crippen molar-refractivity contribution in [2.45, 2.75) is 230 Å². The number of hydrogen-bond acceptors (Lipinski definition) is 0. The number of alkyl halides is 2. The standard InChI is InChI=1S/C40H60Si.C28H50Br2Si.4CH3.4ClH.2Zr/c1-25(2)31-21-33(29-15-11-9-12-16-29)35-19-27(5)39(37(35)23-31)41(7,8)40-28(6)20-36-34(30-17-13-10-14-18-30)22-32(26(3)4)24-38(36)40;1-15(2)19-11-23-21(25(29)13-19)9-17(5)27(23)31(7,8)28-18(6)10-22-24(28)12-20(16(3)4)14-26(22)30;;;;;;;;;;/h9-18,25-28,31-40H,19-24H2,1-8H3;15-28H,9-14H2,1-8H3;4*1H3;4*1H;;/q;;4*-1;;;;;2*+4/p-4. The van der Waals surface area contributed by atoms with Gasteiger partial charge in [0, 0.05) is 9.65 Å². The van der Waals surface area contributed by atoms with Crippen molar-refractivity contribution >= 4 is 82.1 Å². The first-order valence-corrected chi connectivity index (χ1v) is 52.9. The Bertz CT molecular complexity index is 1970. The van der Waals surface area contributed by atoms with E-state index in [9.17, 15) is 0 Å². The Kier molecular flexibility index (Phi) is 33.3. The molecule has 2 aromatic rings. The zero-order valence-electron chi connectivity index (χ0n) is 55.7. The fourth-order valence-electron chi connectivity index (χ4n) is 22.4. The molecule has 0 nitrogen and oxygen atoms in total. The second-order valence-electron chi connectivity index (χ2n) is 31.0. The van der Waals surface area contributed by atoms with Crippen molar-refractivity contribution in [3.05, 3.63) is 101 Å². The summed E-state index contributed by atoms with van der Waals surface area (Å²) in [4.78, 5) is 1.55. The Labute approximate surface area is 567 Å². The topological polar surface area (TPSA) is 0 Å². The van der Waals surface area contributed by atoms with Crippen LogP contribution in [0.4, 0.5) is 0 Å². The summed E-state index contributed by atoms with van der Waals surface area (Å²) < 4.78 is 0. The van der Waals surface area contributed by atoms with Crippen molar-refractivity contribution in [3.63, 3.8) is 0 Å². The van der Waals surface area contributed by atoms with E-state index in [0.29, 0.717) is 0 Å². The van der Waals surface area contributed by atoms with E-state index in [4.69, 9.17) is 34.1 Å². The van der Waals surface area contributed by atoms with Gasteiger partial charge in [0.05, 0.1) is 16.1 Å². The van der Waals surface area contributed by atoms with Crippen molar-refractivity contribution in [1.82, 2.24) is 0 Å². The average Bonchev–Trinajstić information content (AvgIpc) is 4.13. The van der Waals surface area contributed by atoms with Crippen molar-refractivity contribution in [1.29, 1.82) is 0 Å². The van der Waals surface area contributed by atoms with Gasteiger partial charge < -0.3 is 29.7 Å². The van der Waals surface area contributed by atoms with Gasteiger partial charge in [-0.15, -0.1) is 0 Å². The molecule has 0 saturated heterocycles. The van der Waals surface area contributed by atoms with Gasteiger partial charge >= 0.3 is 75.7 Å². The molecule has 0 aromatic heterocycles. The second kappa shape index (κ2) is 34.6. The van der Waals surface area contributed by atoms with Crippen LogP contribution in [-0.4, -0.2) is 25.8 Å². The number of hydrogen-bond donors (Lipinski definition) is 0. The third-order valence-electron chi connectivity index (χ3n) is 25.2. The molecule has 10 rings (SSSR count). The van der Waals surface area contributed by atoms with Gasteiger partial charge in [-0.1, -0.05) is 202 Å². The summed E-state index contributed by atoms with van der Waals surface area (Å²) in [5.74, 6) is 19.7. The van der Waals surface area contributed by atoms with E-state index in [1.54, 1.807) is 11.1 Å². The van der Waals surface area contributed by atoms with Crippen molar-refractivity contribution < 1.29 is 41.7 Å². The third kappa shape index (κ3) is 17.3. The van der Waals surface area contributed by atoms with E-state index < -0.39 is 57.8 Å². The second-order valence-corrected chi connectivity index (χ2v) is 50.8. The molecule has 0 heterocycles. The Balaban J connectivity index is 0.000000386. The van der Waals surface area contributed by atoms with Gasteiger partial charge in [0.1, 0.15) is 0 Å². The molecule has 8 fully saturated rings. The third-order valence-corrected chi connectivity index (χ3v) is 38.1. The van der Waals surface area contributed by atoms with Gasteiger partial charge in [0.2, 0.25) is 0 Å². The van der Waals surface area contributed by atoms with Crippen molar-refractivity contribution in [3.8, 4) is 0 Å². The molecule has 24 atom stereocenters. The minimum atomic E-state index is -1.57. The molecule has 8 saturated carbocycles. The van der Waals surface area contributed by atoms with E-state index in [1.807, 2.05) is 0 Å². The molecule has 0 aliphatic heterocycles. The number of fused-ring (bicyclic) bond motifs is 4. The number of benzene rings is 2. The van der Waals surface area contributed by atoms with Crippen LogP contribution in [0, 0.1) is 148 Å². The average molecular weight is 1530 g/mol. The SMILES string of the molecule is CC(C)C1CC(Br)C2CC(C)C([Si](C)(C)C3C(C)CC4C(Br)CC(C(C)C)CC43)C2C1.CC(C)C1CC(c2ccccc2)C2CC(C)C([Si](C)(C)C3C(C)CC4C(c5ccccc5)CC(C(C)C)CC43)C2C1.[CH3-].[CH3-].[CH3-].[CH3-].[Cl][Zr+2][Cl].[Cl][Zr+2][Cl]. The molecule has 0 N–H and O–H groups in total. The summed E-state index contributed by atoms with van der Waals surface area (Å²) in [5, 5.41) is 0. The van der Waals surface area contributed by atoms with Crippen LogP contribution in [-0.2, 0) is 41.7 Å². The molecule has 0 amide bonds. The number of halogens is 6. The molecule has 8 aliphatic carbocycles. The van der Waals surface area contributed by atoms with Crippen LogP contribution in [0.15, 0.2) is 60.7 Å². The molecular formula is C72H122Br2Cl4Si2Zr2. The maximum atomic E-state index is 4.93. The summed E-state index contributed by atoms with van der Waals surface area (Å²) in [6.07, 6.45) is 17.7. The molecule has 2 aromatic carbocycles. The fourth-order valence-corrected chi connectivity index (χ4v) is 37.9. The quantitative estimate of drug-likeness (QED) is 0.126. The van der Waals surface area contributed by atoms with Gasteiger partial charge in [-0.25, -0.2) is 0 Å². The van der Waals surface area contributed by atoms with Crippen LogP contribution < -0.4 is 0 Å². The van der Waals surface area contributed by atoms with Gasteiger partial charge in [-0.2, -0.15) is 0 Å². The monoisotopic (exact) mass is 1520 g/mol. The van der Waals surface area contributed by atoms with Crippen LogP contribution in [0.3, 0.4) is 0 Å². The number of rotatable bonds is 10. The Hall–Kier alpha value is 2.76. The van der Waals surface area contributed by atoms with E-state index in [2.05, 4.69) is 202 Å². The fraction of sp³-hybridized carbons (Fsp3) is 0.778. The summed E-state index contributed by atoms with van der Waals surface area (Å²) in [6, 6.07) is 23.5. The van der Waals surface area contributed by atoms with Crippen molar-refractivity contribution in [2.24, 2.45) is 118 Å². The van der Waals surface area contributed by atoms with Crippen LogP contribution >= 0.6 is 65.9 Å². The Morgan fingerprint density at radius 3 is 0.817 bits per heavy atom. The zero-order chi connectivity index (χ0) is 57.3. The van der Waals surface area contributed by atoms with Crippen LogP contribution in [0.5, 0.6) is 0 Å². The predicted molar refractivity (Wildman–Crippen MR) is 376 cm³/mol. The maximum absolute atomic E-state index is 4.93. The molecule has 82 heavy (non-hydrogen) atoms. The van der Waals surface area contributed by atoms with E-state index in [1.165, 1.54) is 77.0 Å². The van der Waals surface area contributed by atoms with Crippen molar-refractivity contribution in [2.75, 3.05) is 0 Å². The summed E-state index contributed by atoms with van der Waals surface area (Å²) in [5.41, 5.74) is 7.35. The molecule has 0 spiro atoms. The van der Waals surface area contributed by atoms with Gasteiger partial charge in [0.15, 0.2) is 0 Å². The van der Waals surface area contributed by atoms with Crippen LogP contribution in [0.2, 0.25) is 48.4 Å². The summed E-state index contributed by atoms with van der Waals surface area (Å²) in [6.45, 7) is 42.3. The molecule has 10 heteroatoms. The molecular weight excluding hydrogens is 1410 g/mol. The Morgan fingerprint density at radius 2 is 0.573 bits per heavy atom. The summed E-state index contributed by atoms with van der Waals surface area (Å²) in [7, 11) is 16.8. The van der Waals surface area contributed by atoms with Crippen LogP contribution in [0.1, 0.15) is 183 Å². The molecule has 468 valence electrons. The normalized spacial score (nSPS) is 39.9. The molecule has 0 bridgehead atoms. The molecule has 8 aliphatic rings. The van der Waals surface area contributed by atoms with E-state index >= 15 is 0 Å². The van der Waals surface area contributed by atoms with Crippen LogP contribution in [0.25, 0.3) is 0 Å². The van der Waals surface area contributed by atoms with E-state index in [-0.39, 0.29) is 29.7 Å². The zero-order valence-corrected chi connectivity index (χ0v) is 68.8. The molecule has 0 radical (unpaired) electrons.